The fourth-order valence-electron chi connectivity index (χ4n) is 4.09. The van der Waals surface area contributed by atoms with Gasteiger partial charge in [0.15, 0.2) is 11.5 Å². The second kappa shape index (κ2) is 10.4. The van der Waals surface area contributed by atoms with Gasteiger partial charge in [0.25, 0.3) is 5.91 Å². The van der Waals surface area contributed by atoms with Crippen LogP contribution in [0.3, 0.4) is 0 Å². The quantitative estimate of drug-likeness (QED) is 0.325. The average Bonchev–Trinajstić information content (AvgIpc) is 3.39. The van der Waals surface area contributed by atoms with Crippen LogP contribution in [0.5, 0.6) is 5.75 Å². The maximum atomic E-state index is 13.4. The van der Waals surface area contributed by atoms with Crippen molar-refractivity contribution in [2.24, 2.45) is 0 Å². The number of rotatable bonds is 10. The molecule has 1 aliphatic rings. The zero-order valence-corrected chi connectivity index (χ0v) is 19.4. The lowest BCUT2D eigenvalue weighted by atomic mass is 9.94. The molecule has 3 aromatic rings. The number of nitrogens with zero attached hydrogens (tertiary/aromatic N) is 2. The Labute approximate surface area is 198 Å². The molecule has 0 saturated carbocycles. The Hall–Kier alpha value is -3.87. The molecule has 0 saturated heterocycles. The molecule has 0 spiro atoms. The molecule has 4 rings (SSSR count). The van der Waals surface area contributed by atoms with Crippen molar-refractivity contribution in [1.82, 2.24) is 9.88 Å². The smallest absolute Gasteiger partial charge is 0.290 e. The first-order valence-corrected chi connectivity index (χ1v) is 11.5. The van der Waals surface area contributed by atoms with E-state index in [1.807, 2.05) is 24.3 Å². The van der Waals surface area contributed by atoms with E-state index in [1.165, 1.54) is 4.90 Å². The molecule has 0 aliphatic carbocycles. The second-order valence-electron chi connectivity index (χ2n) is 8.32. The van der Waals surface area contributed by atoms with E-state index in [2.05, 4.69) is 11.9 Å². The number of ketones is 1. The van der Waals surface area contributed by atoms with Crippen molar-refractivity contribution in [3.8, 4) is 5.75 Å². The molecule has 1 unspecified atom stereocenters. The molecule has 1 atom stereocenters. The summed E-state index contributed by atoms with van der Waals surface area (Å²) in [4.78, 5) is 32.1. The highest BCUT2D eigenvalue weighted by atomic mass is 16.5. The fraction of sp³-hybridized carbons (Fsp3) is 0.296. The number of carbonyl (C=O) groups excluding carboxylic acids is 2. The van der Waals surface area contributed by atoms with Crippen molar-refractivity contribution in [2.45, 2.75) is 45.7 Å². The molecule has 7 heteroatoms. The van der Waals surface area contributed by atoms with Gasteiger partial charge in [-0.25, -0.2) is 0 Å². The average molecular weight is 461 g/mol. The number of hydrogen-bond donors (Lipinski definition) is 1. The van der Waals surface area contributed by atoms with E-state index in [-0.39, 0.29) is 17.9 Å². The molecule has 176 valence electrons. The standard InChI is InChI=1S/C27H28N2O5/c1-3-4-5-15-33-21-8-6-7-20(16-21)24-23(25(30)22-10-9-18(2)34-22)26(31)27(32)29(24)17-19-11-13-28-14-12-19/h6-14,16,24,31H,3-5,15,17H2,1-2H3. The lowest BCUT2D eigenvalue weighted by Crippen LogP contribution is -2.30. The number of carbonyl (C=O) groups is 2. The first kappa shape index (κ1) is 23.3. The van der Waals surface area contributed by atoms with Crippen LogP contribution in [0.4, 0.5) is 0 Å². The van der Waals surface area contributed by atoms with E-state index in [0.717, 1.165) is 24.8 Å². The maximum Gasteiger partial charge on any atom is 0.290 e. The number of aliphatic hydroxyl groups is 1. The van der Waals surface area contributed by atoms with Crippen molar-refractivity contribution >= 4 is 11.7 Å². The zero-order valence-electron chi connectivity index (χ0n) is 19.4. The molecule has 34 heavy (non-hydrogen) atoms. The van der Waals surface area contributed by atoms with E-state index in [0.29, 0.717) is 23.7 Å². The topological polar surface area (TPSA) is 92.9 Å². The van der Waals surface area contributed by atoms with Crippen LogP contribution in [0, 0.1) is 6.92 Å². The Morgan fingerprint density at radius 1 is 1.15 bits per heavy atom. The molecule has 1 aliphatic heterocycles. The van der Waals surface area contributed by atoms with E-state index in [1.54, 1.807) is 43.6 Å². The van der Waals surface area contributed by atoms with Crippen LogP contribution < -0.4 is 4.74 Å². The Balaban J connectivity index is 1.71. The van der Waals surface area contributed by atoms with Crippen LogP contribution in [-0.4, -0.2) is 33.3 Å². The molecule has 7 nitrogen and oxygen atoms in total. The monoisotopic (exact) mass is 460 g/mol. The van der Waals surface area contributed by atoms with Gasteiger partial charge in [0.2, 0.25) is 5.78 Å². The Kier molecular flexibility index (Phi) is 7.11. The largest absolute Gasteiger partial charge is 0.503 e. The summed E-state index contributed by atoms with van der Waals surface area (Å²) in [6.07, 6.45) is 6.40. The number of aromatic nitrogens is 1. The molecule has 0 fully saturated rings. The van der Waals surface area contributed by atoms with Crippen LogP contribution in [0.15, 0.2) is 76.7 Å². The minimum absolute atomic E-state index is 0.00320. The van der Waals surface area contributed by atoms with Crippen LogP contribution >= 0.6 is 0 Å². The molecular weight excluding hydrogens is 432 g/mol. The molecule has 1 amide bonds. The normalized spacial score (nSPS) is 15.8. The Morgan fingerprint density at radius 2 is 1.94 bits per heavy atom. The van der Waals surface area contributed by atoms with Crippen LogP contribution in [-0.2, 0) is 11.3 Å². The number of aliphatic hydroxyl groups excluding tert-OH is 1. The summed E-state index contributed by atoms with van der Waals surface area (Å²) in [5.74, 6) is -0.391. The van der Waals surface area contributed by atoms with Crippen molar-refractivity contribution in [3.63, 3.8) is 0 Å². The molecule has 0 radical (unpaired) electrons. The summed E-state index contributed by atoms with van der Waals surface area (Å²) in [5, 5.41) is 10.8. The highest BCUT2D eigenvalue weighted by Gasteiger charge is 2.44. The molecule has 3 heterocycles. The number of ether oxygens (including phenoxy) is 1. The van der Waals surface area contributed by atoms with Gasteiger partial charge in [-0.15, -0.1) is 0 Å². The number of pyridine rings is 1. The summed E-state index contributed by atoms with van der Waals surface area (Å²) in [7, 11) is 0. The number of aryl methyl sites for hydroxylation is 1. The number of hydrogen-bond acceptors (Lipinski definition) is 6. The summed E-state index contributed by atoms with van der Waals surface area (Å²) in [6.45, 7) is 4.65. The van der Waals surface area contributed by atoms with Gasteiger partial charge in [-0.3, -0.25) is 14.6 Å². The summed E-state index contributed by atoms with van der Waals surface area (Å²) in [6, 6.07) is 13.4. The maximum absolute atomic E-state index is 13.4. The van der Waals surface area contributed by atoms with E-state index < -0.39 is 23.5 Å². The molecular formula is C27H28N2O5. The highest BCUT2D eigenvalue weighted by molar-refractivity contribution is 6.15. The van der Waals surface area contributed by atoms with E-state index in [4.69, 9.17) is 9.15 Å². The fourth-order valence-corrected chi connectivity index (χ4v) is 4.09. The Morgan fingerprint density at radius 3 is 2.65 bits per heavy atom. The van der Waals surface area contributed by atoms with Crippen molar-refractivity contribution in [3.05, 3.63) is 94.9 Å². The van der Waals surface area contributed by atoms with Gasteiger partial charge in [0, 0.05) is 18.9 Å². The van der Waals surface area contributed by atoms with E-state index >= 15 is 0 Å². The van der Waals surface area contributed by atoms with E-state index in [9.17, 15) is 14.7 Å². The number of benzene rings is 1. The summed E-state index contributed by atoms with van der Waals surface area (Å²) >= 11 is 0. The minimum Gasteiger partial charge on any atom is -0.503 e. The molecule has 1 N–H and O–H groups in total. The van der Waals surface area contributed by atoms with Gasteiger partial charge in [0.1, 0.15) is 11.5 Å². The van der Waals surface area contributed by atoms with Gasteiger partial charge < -0.3 is 19.2 Å². The van der Waals surface area contributed by atoms with Crippen molar-refractivity contribution in [2.75, 3.05) is 6.61 Å². The number of unbranched alkanes of at least 4 members (excludes halogenated alkanes) is 2. The first-order chi connectivity index (χ1) is 16.5. The van der Waals surface area contributed by atoms with Crippen LogP contribution in [0.1, 0.15) is 59.7 Å². The predicted molar refractivity (Wildman–Crippen MR) is 126 cm³/mol. The van der Waals surface area contributed by atoms with Crippen LogP contribution in [0.2, 0.25) is 0 Å². The SMILES string of the molecule is CCCCCOc1cccc(C2C(C(=O)c3ccc(C)o3)=C(O)C(=O)N2Cc2ccncc2)c1. The summed E-state index contributed by atoms with van der Waals surface area (Å²) < 4.78 is 11.4. The van der Waals surface area contributed by atoms with Gasteiger partial charge in [-0.1, -0.05) is 31.9 Å². The third-order valence-electron chi connectivity index (χ3n) is 5.81. The highest BCUT2D eigenvalue weighted by Crippen LogP contribution is 2.41. The number of amides is 1. The van der Waals surface area contributed by atoms with Crippen molar-refractivity contribution < 1.29 is 23.8 Å². The van der Waals surface area contributed by atoms with Gasteiger partial charge in [-0.2, -0.15) is 0 Å². The van der Waals surface area contributed by atoms with Gasteiger partial charge in [0.05, 0.1) is 18.2 Å². The van der Waals surface area contributed by atoms with Crippen molar-refractivity contribution in [1.29, 1.82) is 0 Å². The molecule has 0 bridgehead atoms. The van der Waals surface area contributed by atoms with Gasteiger partial charge in [-0.05, 0) is 60.9 Å². The minimum atomic E-state index is -0.794. The first-order valence-electron chi connectivity index (χ1n) is 11.5. The zero-order chi connectivity index (χ0) is 24.1. The third-order valence-corrected chi connectivity index (χ3v) is 5.81. The predicted octanol–water partition coefficient (Wildman–Crippen LogP) is 5.33. The lowest BCUT2D eigenvalue weighted by molar-refractivity contribution is -0.130. The number of furan rings is 1. The summed E-state index contributed by atoms with van der Waals surface area (Å²) in [5.41, 5.74) is 1.50. The number of Topliss-reactive ketones (excluding diaryl/α,β-unsaturated/α-hetero) is 1. The third kappa shape index (κ3) is 4.88. The Bertz CT molecular complexity index is 1200. The lowest BCUT2D eigenvalue weighted by Gasteiger charge is -2.27. The second-order valence-corrected chi connectivity index (χ2v) is 8.32. The van der Waals surface area contributed by atoms with Crippen LogP contribution in [0.25, 0.3) is 0 Å². The molecule has 2 aromatic heterocycles. The molecule has 1 aromatic carbocycles. The van der Waals surface area contributed by atoms with Gasteiger partial charge >= 0.3 is 0 Å².